The maximum Gasteiger partial charge on any atom is 0.234 e. The molecule has 0 spiro atoms. The number of halogens is 1. The number of amides is 1. The van der Waals surface area contributed by atoms with E-state index in [4.69, 9.17) is 10.9 Å². The van der Waals surface area contributed by atoms with Crippen molar-refractivity contribution in [1.82, 2.24) is 4.98 Å². The fraction of sp³-hybridized carbons (Fsp3) is 0.154. The van der Waals surface area contributed by atoms with Gasteiger partial charge in [0.25, 0.3) is 0 Å². The van der Waals surface area contributed by atoms with E-state index in [1.165, 1.54) is 0 Å². The molecule has 1 aromatic heterocycles. The van der Waals surface area contributed by atoms with Crippen molar-refractivity contribution in [1.29, 1.82) is 0 Å². The van der Waals surface area contributed by atoms with E-state index in [0.29, 0.717) is 11.2 Å². The lowest BCUT2D eigenvalue weighted by atomic mass is 10.1. The van der Waals surface area contributed by atoms with Crippen molar-refractivity contribution in [3.8, 4) is 0 Å². The van der Waals surface area contributed by atoms with Gasteiger partial charge in [-0.05, 0) is 35.0 Å². The summed E-state index contributed by atoms with van der Waals surface area (Å²) in [4.78, 5) is 16.3. The van der Waals surface area contributed by atoms with E-state index < -0.39 is 5.92 Å². The molecular formula is C13H13BrN4O2. The quantitative estimate of drug-likeness (QED) is 0.346. The van der Waals surface area contributed by atoms with E-state index in [1.807, 2.05) is 18.2 Å². The highest BCUT2D eigenvalue weighted by Crippen LogP contribution is 2.24. The molecule has 104 valence electrons. The van der Waals surface area contributed by atoms with Gasteiger partial charge in [-0.3, -0.25) is 9.78 Å². The summed E-state index contributed by atoms with van der Waals surface area (Å²) in [7, 11) is 0. The topological polar surface area (TPSA) is 101 Å². The second-order valence-corrected chi connectivity index (χ2v) is 5.18. The van der Waals surface area contributed by atoms with Crippen LogP contribution in [0, 0.1) is 5.92 Å². The molecule has 1 heterocycles. The molecule has 0 fully saturated rings. The van der Waals surface area contributed by atoms with Crippen molar-refractivity contribution < 1.29 is 10.0 Å². The van der Waals surface area contributed by atoms with E-state index in [1.54, 1.807) is 19.2 Å². The normalized spacial score (nSPS) is 13.2. The number of aromatic nitrogens is 1. The van der Waals surface area contributed by atoms with Gasteiger partial charge in [0.05, 0.1) is 17.1 Å². The number of oxime groups is 1. The number of amidine groups is 1. The molecule has 2 rings (SSSR count). The lowest BCUT2D eigenvalue weighted by Crippen LogP contribution is -2.32. The van der Waals surface area contributed by atoms with Crippen molar-refractivity contribution in [3.05, 3.63) is 34.9 Å². The van der Waals surface area contributed by atoms with Gasteiger partial charge in [0.1, 0.15) is 0 Å². The van der Waals surface area contributed by atoms with Gasteiger partial charge in [-0.15, -0.1) is 0 Å². The molecule has 1 unspecified atom stereocenters. The SMILES string of the molecule is CC(C(=O)Nc1cccc2cc(Br)cnc12)/C(N)=N/O. The Balaban J connectivity index is 2.33. The number of hydrogen-bond donors (Lipinski definition) is 3. The highest BCUT2D eigenvalue weighted by atomic mass is 79.9. The van der Waals surface area contributed by atoms with Crippen LogP contribution in [0.3, 0.4) is 0 Å². The highest BCUT2D eigenvalue weighted by Gasteiger charge is 2.18. The first kappa shape index (κ1) is 14.3. The van der Waals surface area contributed by atoms with Crippen molar-refractivity contribution in [3.63, 3.8) is 0 Å². The monoisotopic (exact) mass is 336 g/mol. The molecule has 0 saturated heterocycles. The number of anilines is 1. The molecule has 1 aromatic carbocycles. The second-order valence-electron chi connectivity index (χ2n) is 4.27. The van der Waals surface area contributed by atoms with E-state index in [0.717, 1.165) is 9.86 Å². The molecule has 4 N–H and O–H groups in total. The molecule has 20 heavy (non-hydrogen) atoms. The Hall–Kier alpha value is -2.15. The minimum absolute atomic E-state index is 0.140. The molecule has 0 aliphatic heterocycles. The molecule has 0 saturated carbocycles. The van der Waals surface area contributed by atoms with Crippen molar-refractivity contribution in [2.75, 3.05) is 5.32 Å². The average molecular weight is 337 g/mol. The summed E-state index contributed by atoms with van der Waals surface area (Å²) in [5, 5.41) is 15.1. The molecule has 2 aromatic rings. The first-order valence-corrected chi connectivity index (χ1v) is 6.64. The standard InChI is InChI=1S/C13H13BrN4O2/c1-7(12(15)18-20)13(19)17-10-4-2-3-8-5-9(14)6-16-11(8)10/h2-7,20H,1H3,(H2,15,18)(H,17,19). The third-order valence-corrected chi connectivity index (χ3v) is 3.32. The maximum absolute atomic E-state index is 12.0. The van der Waals surface area contributed by atoms with Gasteiger partial charge >= 0.3 is 0 Å². The predicted octanol–water partition coefficient (Wildman–Crippen LogP) is 2.32. The summed E-state index contributed by atoms with van der Waals surface area (Å²) in [5.41, 5.74) is 6.68. The van der Waals surface area contributed by atoms with Gasteiger partial charge < -0.3 is 16.3 Å². The Labute approximate surface area is 123 Å². The van der Waals surface area contributed by atoms with Crippen molar-refractivity contribution >= 4 is 44.3 Å². The van der Waals surface area contributed by atoms with E-state index in [-0.39, 0.29) is 11.7 Å². The first-order chi connectivity index (χ1) is 9.52. The van der Waals surface area contributed by atoms with Gasteiger partial charge in [-0.2, -0.15) is 0 Å². The lowest BCUT2D eigenvalue weighted by molar-refractivity contribution is -0.117. The number of carbonyl (C=O) groups is 1. The van der Waals surface area contributed by atoms with Crippen molar-refractivity contribution in [2.45, 2.75) is 6.92 Å². The Kier molecular flexibility index (Phi) is 4.19. The van der Waals surface area contributed by atoms with Gasteiger partial charge in [0.15, 0.2) is 5.84 Å². The molecule has 6 nitrogen and oxygen atoms in total. The van der Waals surface area contributed by atoms with Gasteiger partial charge in [-0.1, -0.05) is 17.3 Å². The minimum atomic E-state index is -0.731. The van der Waals surface area contributed by atoms with Crippen LogP contribution in [0.1, 0.15) is 6.92 Å². The molecule has 7 heteroatoms. The number of rotatable bonds is 3. The summed E-state index contributed by atoms with van der Waals surface area (Å²) in [6.45, 7) is 1.56. The highest BCUT2D eigenvalue weighted by molar-refractivity contribution is 9.10. The van der Waals surface area contributed by atoms with Crippen LogP contribution >= 0.6 is 15.9 Å². The average Bonchev–Trinajstić information content (AvgIpc) is 2.45. The summed E-state index contributed by atoms with van der Waals surface area (Å²) in [5.74, 6) is -1.23. The number of nitrogens with zero attached hydrogens (tertiary/aromatic N) is 2. The zero-order chi connectivity index (χ0) is 14.7. The van der Waals surface area contributed by atoms with Crippen LogP contribution in [0.5, 0.6) is 0 Å². The Bertz CT molecular complexity index is 687. The van der Waals surface area contributed by atoms with Crippen LogP contribution in [0.25, 0.3) is 10.9 Å². The van der Waals surface area contributed by atoms with Gasteiger partial charge in [0, 0.05) is 16.1 Å². The zero-order valence-corrected chi connectivity index (χ0v) is 12.3. The zero-order valence-electron chi connectivity index (χ0n) is 10.7. The molecular weight excluding hydrogens is 324 g/mol. The molecule has 1 atom stereocenters. The first-order valence-electron chi connectivity index (χ1n) is 5.85. The van der Waals surface area contributed by atoms with Crippen LogP contribution in [-0.4, -0.2) is 21.9 Å². The van der Waals surface area contributed by atoms with Gasteiger partial charge in [0.2, 0.25) is 5.91 Å². The molecule has 0 radical (unpaired) electrons. The van der Waals surface area contributed by atoms with Gasteiger partial charge in [-0.25, -0.2) is 0 Å². The van der Waals surface area contributed by atoms with Crippen LogP contribution in [-0.2, 0) is 4.79 Å². The second kappa shape index (κ2) is 5.87. The number of benzene rings is 1. The number of nitrogens with two attached hydrogens (primary N) is 1. The lowest BCUT2D eigenvalue weighted by Gasteiger charge is -2.12. The summed E-state index contributed by atoms with van der Waals surface area (Å²) < 4.78 is 0.860. The smallest absolute Gasteiger partial charge is 0.234 e. The number of nitrogens with one attached hydrogen (secondary N) is 1. The molecule has 1 amide bonds. The molecule has 0 aliphatic carbocycles. The fourth-order valence-corrected chi connectivity index (χ4v) is 2.05. The van der Waals surface area contributed by atoms with Crippen molar-refractivity contribution in [2.24, 2.45) is 16.8 Å². The molecule has 0 aliphatic rings. The number of carbonyl (C=O) groups excluding carboxylic acids is 1. The number of fused-ring (bicyclic) bond motifs is 1. The Morgan fingerprint density at radius 1 is 1.55 bits per heavy atom. The maximum atomic E-state index is 12.0. The summed E-state index contributed by atoms with van der Waals surface area (Å²) in [6.07, 6.45) is 1.66. The predicted molar refractivity (Wildman–Crippen MR) is 80.6 cm³/mol. The Morgan fingerprint density at radius 2 is 2.30 bits per heavy atom. The minimum Gasteiger partial charge on any atom is -0.409 e. The summed E-state index contributed by atoms with van der Waals surface area (Å²) in [6, 6.07) is 7.38. The largest absolute Gasteiger partial charge is 0.409 e. The van der Waals surface area contributed by atoms with Crippen LogP contribution in [0.4, 0.5) is 5.69 Å². The third kappa shape index (κ3) is 2.88. The van der Waals surface area contributed by atoms with E-state index >= 15 is 0 Å². The van der Waals surface area contributed by atoms with E-state index in [9.17, 15) is 4.79 Å². The van der Waals surface area contributed by atoms with Crippen LogP contribution < -0.4 is 11.1 Å². The molecule has 0 bridgehead atoms. The van der Waals surface area contributed by atoms with Crippen LogP contribution in [0.2, 0.25) is 0 Å². The fourth-order valence-electron chi connectivity index (χ4n) is 1.70. The van der Waals surface area contributed by atoms with E-state index in [2.05, 4.69) is 31.4 Å². The number of pyridine rings is 1. The number of hydrogen-bond acceptors (Lipinski definition) is 4. The Morgan fingerprint density at radius 3 is 3.00 bits per heavy atom. The van der Waals surface area contributed by atoms with Crippen LogP contribution in [0.15, 0.2) is 40.1 Å². The summed E-state index contributed by atoms with van der Waals surface area (Å²) >= 11 is 3.35. The number of para-hydroxylation sites is 1. The third-order valence-electron chi connectivity index (χ3n) is 2.89.